The Kier molecular flexibility index (Phi) is 4.56. The van der Waals surface area contributed by atoms with Crippen molar-refractivity contribution >= 4 is 15.8 Å². The van der Waals surface area contributed by atoms with Crippen molar-refractivity contribution in [3.8, 4) is 0 Å². The Hall–Kier alpha value is -1.98. The van der Waals surface area contributed by atoms with E-state index in [0.717, 1.165) is 5.56 Å². The van der Waals surface area contributed by atoms with Crippen molar-refractivity contribution < 1.29 is 13.2 Å². The van der Waals surface area contributed by atoms with E-state index in [1.165, 1.54) is 4.31 Å². The molecule has 0 bridgehead atoms. The Morgan fingerprint density at radius 3 is 2.50 bits per heavy atom. The topological polar surface area (TPSA) is 54.5 Å². The third-order valence-electron chi connectivity index (χ3n) is 4.49. The number of nitrogens with zero attached hydrogens (tertiary/aromatic N) is 1. The van der Waals surface area contributed by atoms with Gasteiger partial charge < -0.3 is 0 Å². The highest BCUT2D eigenvalue weighted by Crippen LogP contribution is 2.30. The first kappa shape index (κ1) is 16.9. The number of carbonyl (C=O) groups excluding carboxylic acids is 1. The van der Waals surface area contributed by atoms with Crippen LogP contribution in [0, 0.1) is 13.8 Å². The number of aryl methyl sites for hydroxylation is 2. The van der Waals surface area contributed by atoms with Gasteiger partial charge in [0.2, 0.25) is 10.0 Å². The Balaban J connectivity index is 1.98. The molecule has 0 aliphatic carbocycles. The smallest absolute Gasteiger partial charge is 0.244 e. The van der Waals surface area contributed by atoms with Gasteiger partial charge in [0.05, 0.1) is 10.9 Å². The molecule has 1 heterocycles. The minimum atomic E-state index is -3.68. The van der Waals surface area contributed by atoms with E-state index in [-0.39, 0.29) is 5.78 Å². The molecule has 1 saturated heterocycles. The van der Waals surface area contributed by atoms with Crippen molar-refractivity contribution in [1.82, 2.24) is 4.31 Å². The van der Waals surface area contributed by atoms with E-state index in [0.29, 0.717) is 35.4 Å². The second-order valence-electron chi connectivity index (χ2n) is 6.27. The molecule has 3 rings (SSSR count). The van der Waals surface area contributed by atoms with Gasteiger partial charge in [0.25, 0.3) is 0 Å². The van der Waals surface area contributed by atoms with Gasteiger partial charge in [-0.3, -0.25) is 4.79 Å². The average Bonchev–Trinajstić information content (AvgIpc) is 3.07. The lowest BCUT2D eigenvalue weighted by Gasteiger charge is -2.24. The van der Waals surface area contributed by atoms with Gasteiger partial charge in [-0.25, -0.2) is 8.42 Å². The molecule has 0 aromatic heterocycles. The van der Waals surface area contributed by atoms with Crippen LogP contribution in [-0.2, 0) is 10.0 Å². The van der Waals surface area contributed by atoms with Crippen LogP contribution in [0.25, 0.3) is 0 Å². The van der Waals surface area contributed by atoms with Crippen LogP contribution in [0.4, 0.5) is 0 Å². The van der Waals surface area contributed by atoms with Gasteiger partial charge in [-0.2, -0.15) is 4.31 Å². The van der Waals surface area contributed by atoms with Crippen LogP contribution in [0.2, 0.25) is 0 Å². The predicted molar refractivity (Wildman–Crippen MR) is 93.6 cm³/mol. The highest BCUT2D eigenvalue weighted by atomic mass is 32.2. The minimum Gasteiger partial charge on any atom is -0.292 e. The first-order valence-corrected chi connectivity index (χ1v) is 9.53. The van der Waals surface area contributed by atoms with Crippen molar-refractivity contribution in [3.63, 3.8) is 0 Å². The normalized spacial score (nSPS) is 18.7. The number of sulfonamides is 1. The van der Waals surface area contributed by atoms with Crippen LogP contribution in [0.3, 0.4) is 0 Å². The zero-order valence-corrected chi connectivity index (χ0v) is 14.7. The Morgan fingerprint density at radius 1 is 1.08 bits per heavy atom. The lowest BCUT2D eigenvalue weighted by Crippen LogP contribution is -2.40. The summed E-state index contributed by atoms with van der Waals surface area (Å²) in [6.07, 6.45) is 1.27. The van der Waals surface area contributed by atoms with E-state index in [1.54, 1.807) is 37.3 Å². The van der Waals surface area contributed by atoms with E-state index in [9.17, 15) is 13.2 Å². The zero-order chi connectivity index (χ0) is 17.3. The molecule has 2 aromatic carbocycles. The summed E-state index contributed by atoms with van der Waals surface area (Å²) in [6.45, 7) is 4.05. The highest BCUT2D eigenvalue weighted by Gasteiger charge is 2.40. The molecule has 126 valence electrons. The molecule has 4 nitrogen and oxygen atoms in total. The number of hydrogen-bond acceptors (Lipinski definition) is 3. The number of Topliss-reactive ketones (excluding diaryl/α,β-unsaturated/α-hetero) is 1. The SMILES string of the molecule is Cc1ccc(C)c(S(=O)(=O)N2CCCC2C(=O)c2ccccc2)c1. The summed E-state index contributed by atoms with van der Waals surface area (Å²) in [5, 5.41) is 0. The number of carbonyl (C=O) groups is 1. The summed E-state index contributed by atoms with van der Waals surface area (Å²) in [5.74, 6) is -0.123. The van der Waals surface area contributed by atoms with Crippen molar-refractivity contribution in [3.05, 3.63) is 65.2 Å². The Labute approximate surface area is 143 Å². The van der Waals surface area contributed by atoms with Crippen LogP contribution in [0.1, 0.15) is 34.3 Å². The third-order valence-corrected chi connectivity index (χ3v) is 6.55. The lowest BCUT2D eigenvalue weighted by atomic mass is 10.0. The van der Waals surface area contributed by atoms with Gasteiger partial charge in [-0.1, -0.05) is 42.5 Å². The molecule has 24 heavy (non-hydrogen) atoms. The van der Waals surface area contributed by atoms with Gasteiger partial charge in [0.15, 0.2) is 5.78 Å². The number of benzene rings is 2. The molecule has 0 spiro atoms. The molecule has 0 amide bonds. The van der Waals surface area contributed by atoms with Crippen LogP contribution < -0.4 is 0 Å². The maximum absolute atomic E-state index is 13.1. The summed E-state index contributed by atoms with van der Waals surface area (Å²) >= 11 is 0. The highest BCUT2D eigenvalue weighted by molar-refractivity contribution is 7.89. The molecule has 1 fully saturated rings. The summed E-state index contributed by atoms with van der Waals surface area (Å²) in [4.78, 5) is 13.1. The molecule has 1 aliphatic heterocycles. The number of hydrogen-bond donors (Lipinski definition) is 0. The van der Waals surface area contributed by atoms with E-state index < -0.39 is 16.1 Å². The molecule has 2 aromatic rings. The summed E-state index contributed by atoms with van der Waals surface area (Å²) in [5.41, 5.74) is 2.16. The van der Waals surface area contributed by atoms with Gasteiger partial charge in [0.1, 0.15) is 0 Å². The van der Waals surface area contributed by atoms with Crippen LogP contribution in [0.15, 0.2) is 53.4 Å². The molecular formula is C19H21NO3S. The van der Waals surface area contributed by atoms with E-state index in [4.69, 9.17) is 0 Å². The van der Waals surface area contributed by atoms with Crippen LogP contribution in [-0.4, -0.2) is 31.1 Å². The quantitative estimate of drug-likeness (QED) is 0.800. The van der Waals surface area contributed by atoms with E-state index in [2.05, 4.69) is 0 Å². The number of ketones is 1. The van der Waals surface area contributed by atoms with Crippen LogP contribution in [0.5, 0.6) is 0 Å². The predicted octanol–water partition coefficient (Wildman–Crippen LogP) is 3.34. The van der Waals surface area contributed by atoms with Gasteiger partial charge in [-0.05, 0) is 43.9 Å². The van der Waals surface area contributed by atoms with Crippen LogP contribution >= 0.6 is 0 Å². The molecule has 0 saturated carbocycles. The fourth-order valence-corrected chi connectivity index (χ4v) is 5.16. The maximum Gasteiger partial charge on any atom is 0.244 e. The van der Waals surface area contributed by atoms with Gasteiger partial charge in [-0.15, -0.1) is 0 Å². The molecule has 0 radical (unpaired) electrons. The summed E-state index contributed by atoms with van der Waals surface area (Å²) in [7, 11) is -3.68. The molecule has 1 aliphatic rings. The third kappa shape index (κ3) is 3.01. The van der Waals surface area contributed by atoms with Gasteiger partial charge in [0, 0.05) is 12.1 Å². The van der Waals surface area contributed by atoms with Crippen molar-refractivity contribution in [2.24, 2.45) is 0 Å². The molecule has 1 atom stereocenters. The zero-order valence-electron chi connectivity index (χ0n) is 13.9. The van der Waals surface area contributed by atoms with Crippen molar-refractivity contribution in [2.45, 2.75) is 37.6 Å². The first-order chi connectivity index (χ1) is 11.4. The summed E-state index contributed by atoms with van der Waals surface area (Å²) in [6, 6.07) is 13.7. The second kappa shape index (κ2) is 6.49. The second-order valence-corrected chi connectivity index (χ2v) is 8.13. The molecular weight excluding hydrogens is 322 g/mol. The largest absolute Gasteiger partial charge is 0.292 e. The molecule has 5 heteroatoms. The van der Waals surface area contributed by atoms with Gasteiger partial charge >= 0.3 is 0 Å². The molecule has 1 unspecified atom stereocenters. The standard InChI is InChI=1S/C19H21NO3S/c1-14-10-11-15(2)18(13-14)24(22,23)20-12-6-9-17(20)19(21)16-7-4-3-5-8-16/h3-5,7-8,10-11,13,17H,6,9,12H2,1-2H3. The van der Waals surface area contributed by atoms with Crippen molar-refractivity contribution in [1.29, 1.82) is 0 Å². The van der Waals surface area contributed by atoms with Crippen molar-refractivity contribution in [2.75, 3.05) is 6.54 Å². The molecule has 0 N–H and O–H groups in total. The first-order valence-electron chi connectivity index (χ1n) is 8.09. The average molecular weight is 343 g/mol. The maximum atomic E-state index is 13.1. The Bertz CT molecular complexity index is 859. The van der Waals surface area contributed by atoms with E-state index in [1.807, 2.05) is 25.1 Å². The summed E-state index contributed by atoms with van der Waals surface area (Å²) < 4.78 is 27.6. The minimum absolute atomic E-state index is 0.123. The lowest BCUT2D eigenvalue weighted by molar-refractivity contribution is 0.0918. The Morgan fingerprint density at radius 2 is 1.79 bits per heavy atom. The fourth-order valence-electron chi connectivity index (χ4n) is 3.20. The van der Waals surface area contributed by atoms with E-state index >= 15 is 0 Å². The number of rotatable bonds is 4. The monoisotopic (exact) mass is 343 g/mol. The fraction of sp³-hybridized carbons (Fsp3) is 0.316.